The Morgan fingerprint density at radius 3 is 2.95 bits per heavy atom. The van der Waals surface area contributed by atoms with Gasteiger partial charge in [-0.25, -0.2) is 0 Å². The SMILES string of the molecule is Cc1c(CNc2cc(Cl)cc3cccnc23)cnn1C. The molecular weight excluding hydrogens is 272 g/mol. The largest absolute Gasteiger partial charge is 0.379 e. The fraction of sp³-hybridized carbons (Fsp3) is 0.200. The van der Waals surface area contributed by atoms with Crippen molar-refractivity contribution in [3.63, 3.8) is 0 Å². The first-order valence-electron chi connectivity index (χ1n) is 6.41. The van der Waals surface area contributed by atoms with Crippen LogP contribution in [0, 0.1) is 6.92 Å². The van der Waals surface area contributed by atoms with E-state index >= 15 is 0 Å². The van der Waals surface area contributed by atoms with Gasteiger partial charge in [0.05, 0.1) is 17.4 Å². The second-order valence-electron chi connectivity index (χ2n) is 4.76. The van der Waals surface area contributed by atoms with Crippen molar-refractivity contribution in [2.45, 2.75) is 13.5 Å². The molecule has 0 aliphatic carbocycles. The Hall–Kier alpha value is -2.07. The van der Waals surface area contributed by atoms with Crippen molar-refractivity contribution in [1.82, 2.24) is 14.8 Å². The number of fused-ring (bicyclic) bond motifs is 1. The van der Waals surface area contributed by atoms with Gasteiger partial charge in [-0.3, -0.25) is 9.67 Å². The Bertz CT molecular complexity index is 764. The van der Waals surface area contributed by atoms with Crippen LogP contribution in [-0.2, 0) is 13.6 Å². The van der Waals surface area contributed by atoms with E-state index in [0.29, 0.717) is 11.6 Å². The maximum atomic E-state index is 6.16. The van der Waals surface area contributed by atoms with Gasteiger partial charge < -0.3 is 5.32 Å². The molecule has 0 aliphatic heterocycles. The van der Waals surface area contributed by atoms with Gasteiger partial charge in [0.2, 0.25) is 0 Å². The molecule has 0 saturated carbocycles. The molecule has 0 saturated heterocycles. The van der Waals surface area contributed by atoms with Crippen LogP contribution in [0.25, 0.3) is 10.9 Å². The molecule has 20 heavy (non-hydrogen) atoms. The third-order valence-corrected chi connectivity index (χ3v) is 3.69. The van der Waals surface area contributed by atoms with E-state index in [-0.39, 0.29) is 0 Å². The molecular formula is C15H15ClN4. The van der Waals surface area contributed by atoms with Crippen molar-refractivity contribution in [1.29, 1.82) is 0 Å². The molecule has 1 N–H and O–H groups in total. The summed E-state index contributed by atoms with van der Waals surface area (Å²) in [6.45, 7) is 2.75. The average Bonchev–Trinajstić information content (AvgIpc) is 2.76. The van der Waals surface area contributed by atoms with E-state index in [4.69, 9.17) is 11.6 Å². The maximum Gasteiger partial charge on any atom is 0.0934 e. The lowest BCUT2D eigenvalue weighted by atomic mass is 10.2. The average molecular weight is 287 g/mol. The number of rotatable bonds is 3. The zero-order valence-electron chi connectivity index (χ0n) is 11.4. The molecule has 0 bridgehead atoms. The van der Waals surface area contributed by atoms with Crippen LogP contribution in [0.1, 0.15) is 11.3 Å². The second kappa shape index (κ2) is 5.13. The molecule has 0 aliphatic rings. The second-order valence-corrected chi connectivity index (χ2v) is 5.20. The number of hydrogen-bond acceptors (Lipinski definition) is 3. The van der Waals surface area contributed by atoms with Gasteiger partial charge in [0.1, 0.15) is 0 Å². The predicted octanol–water partition coefficient (Wildman–Crippen LogP) is 3.54. The first kappa shape index (κ1) is 12.9. The van der Waals surface area contributed by atoms with Crippen LogP contribution in [0.2, 0.25) is 5.02 Å². The Kier molecular flexibility index (Phi) is 3.32. The monoisotopic (exact) mass is 286 g/mol. The Balaban J connectivity index is 1.93. The van der Waals surface area contributed by atoms with Gasteiger partial charge in [-0.1, -0.05) is 17.7 Å². The molecule has 3 rings (SSSR count). The molecule has 2 aromatic heterocycles. The molecule has 4 nitrogen and oxygen atoms in total. The predicted molar refractivity (Wildman–Crippen MR) is 82.0 cm³/mol. The van der Waals surface area contributed by atoms with E-state index in [2.05, 4.69) is 22.3 Å². The number of halogens is 1. The summed E-state index contributed by atoms with van der Waals surface area (Å²) in [6.07, 6.45) is 3.67. The number of benzene rings is 1. The van der Waals surface area contributed by atoms with Gasteiger partial charge in [-0.05, 0) is 25.1 Å². The lowest BCUT2D eigenvalue weighted by Gasteiger charge is -2.09. The number of nitrogens with zero attached hydrogens (tertiary/aromatic N) is 3. The quantitative estimate of drug-likeness (QED) is 0.801. The molecule has 1 aromatic carbocycles. The van der Waals surface area contributed by atoms with Crippen LogP contribution < -0.4 is 5.32 Å². The molecule has 0 atom stereocenters. The number of anilines is 1. The fourth-order valence-electron chi connectivity index (χ4n) is 2.20. The van der Waals surface area contributed by atoms with Crippen LogP contribution in [0.15, 0.2) is 36.7 Å². The fourth-order valence-corrected chi connectivity index (χ4v) is 2.43. The van der Waals surface area contributed by atoms with Crippen molar-refractivity contribution in [2.24, 2.45) is 7.05 Å². The normalized spacial score (nSPS) is 10.9. The summed E-state index contributed by atoms with van der Waals surface area (Å²) < 4.78 is 1.87. The van der Waals surface area contributed by atoms with Gasteiger partial charge in [-0.15, -0.1) is 0 Å². The lowest BCUT2D eigenvalue weighted by Crippen LogP contribution is -2.02. The van der Waals surface area contributed by atoms with E-state index in [0.717, 1.165) is 27.8 Å². The van der Waals surface area contributed by atoms with E-state index in [1.807, 2.05) is 42.2 Å². The Labute approximate surface area is 122 Å². The summed E-state index contributed by atoms with van der Waals surface area (Å²) >= 11 is 6.16. The van der Waals surface area contributed by atoms with Crippen LogP contribution in [-0.4, -0.2) is 14.8 Å². The maximum absolute atomic E-state index is 6.16. The van der Waals surface area contributed by atoms with Crippen molar-refractivity contribution >= 4 is 28.2 Å². The molecule has 5 heteroatoms. The molecule has 0 amide bonds. The van der Waals surface area contributed by atoms with E-state index in [1.165, 1.54) is 0 Å². The molecule has 0 radical (unpaired) electrons. The number of aromatic nitrogens is 3. The van der Waals surface area contributed by atoms with Crippen molar-refractivity contribution in [3.05, 3.63) is 52.9 Å². The summed E-state index contributed by atoms with van der Waals surface area (Å²) in [5, 5.41) is 9.38. The van der Waals surface area contributed by atoms with Gasteiger partial charge in [0.25, 0.3) is 0 Å². The molecule has 0 unspecified atom stereocenters. The minimum Gasteiger partial charge on any atom is -0.379 e. The zero-order valence-corrected chi connectivity index (χ0v) is 12.1. The highest BCUT2D eigenvalue weighted by molar-refractivity contribution is 6.31. The number of hydrogen-bond donors (Lipinski definition) is 1. The number of aryl methyl sites for hydroxylation is 1. The third kappa shape index (κ3) is 2.34. The summed E-state index contributed by atoms with van der Waals surface area (Å²) in [7, 11) is 1.94. The number of pyridine rings is 1. The van der Waals surface area contributed by atoms with Crippen molar-refractivity contribution in [3.8, 4) is 0 Å². The zero-order chi connectivity index (χ0) is 14.1. The van der Waals surface area contributed by atoms with Gasteiger partial charge in [0, 0.05) is 41.5 Å². The molecule has 2 heterocycles. The third-order valence-electron chi connectivity index (χ3n) is 3.48. The molecule has 102 valence electrons. The molecule has 0 spiro atoms. The summed E-state index contributed by atoms with van der Waals surface area (Å²) in [4.78, 5) is 4.42. The number of nitrogens with one attached hydrogen (secondary N) is 1. The van der Waals surface area contributed by atoms with E-state index in [1.54, 1.807) is 6.20 Å². The van der Waals surface area contributed by atoms with Crippen LogP contribution in [0.5, 0.6) is 0 Å². The lowest BCUT2D eigenvalue weighted by molar-refractivity contribution is 0.738. The topological polar surface area (TPSA) is 42.7 Å². The summed E-state index contributed by atoms with van der Waals surface area (Å²) in [5.74, 6) is 0. The highest BCUT2D eigenvalue weighted by atomic mass is 35.5. The van der Waals surface area contributed by atoms with Gasteiger partial charge >= 0.3 is 0 Å². The van der Waals surface area contributed by atoms with Crippen molar-refractivity contribution in [2.75, 3.05) is 5.32 Å². The minimum absolute atomic E-state index is 0.700. The first-order valence-corrected chi connectivity index (χ1v) is 6.78. The minimum atomic E-state index is 0.700. The van der Waals surface area contributed by atoms with Crippen LogP contribution in [0.3, 0.4) is 0 Å². The highest BCUT2D eigenvalue weighted by Crippen LogP contribution is 2.26. The van der Waals surface area contributed by atoms with E-state index < -0.39 is 0 Å². The van der Waals surface area contributed by atoms with Gasteiger partial charge in [-0.2, -0.15) is 5.10 Å². The Morgan fingerprint density at radius 2 is 2.20 bits per heavy atom. The van der Waals surface area contributed by atoms with Crippen LogP contribution >= 0.6 is 11.6 Å². The summed E-state index contributed by atoms with van der Waals surface area (Å²) in [6, 6.07) is 7.75. The van der Waals surface area contributed by atoms with Gasteiger partial charge in [0.15, 0.2) is 0 Å². The van der Waals surface area contributed by atoms with Crippen molar-refractivity contribution < 1.29 is 0 Å². The standard InChI is InChI=1S/C15H15ClN4/c1-10-12(9-19-20(10)2)8-18-14-7-13(16)6-11-4-3-5-17-15(11)14/h3-7,9,18H,8H2,1-2H3. The van der Waals surface area contributed by atoms with E-state index in [9.17, 15) is 0 Å². The Morgan fingerprint density at radius 1 is 1.35 bits per heavy atom. The smallest absolute Gasteiger partial charge is 0.0934 e. The van der Waals surface area contributed by atoms with Crippen LogP contribution in [0.4, 0.5) is 5.69 Å². The summed E-state index contributed by atoms with van der Waals surface area (Å²) in [5.41, 5.74) is 4.18. The molecule has 0 fully saturated rings. The first-order chi connectivity index (χ1) is 9.65. The highest BCUT2D eigenvalue weighted by Gasteiger charge is 2.07. The molecule has 3 aromatic rings.